The van der Waals surface area contributed by atoms with Crippen molar-refractivity contribution in [2.75, 3.05) is 19.7 Å². The number of nitriles is 1. The van der Waals surface area contributed by atoms with Crippen molar-refractivity contribution in [3.8, 4) is 6.07 Å². The SMILES string of the molecule is C/C(NC1CCNCC1)=C(/N)c1cc(CC(CO)c2ccccn2)c2c(C#N)cnn2c1. The van der Waals surface area contributed by atoms with Crippen molar-refractivity contribution in [3.63, 3.8) is 0 Å². The van der Waals surface area contributed by atoms with Gasteiger partial charge < -0.3 is 21.5 Å². The number of allylic oxidation sites excluding steroid dienone is 1. The second-order valence-corrected chi connectivity index (χ2v) is 8.26. The number of nitrogens with two attached hydrogens (primary N) is 1. The zero-order chi connectivity index (χ0) is 22.5. The van der Waals surface area contributed by atoms with Crippen LogP contribution in [-0.2, 0) is 6.42 Å². The monoisotopic (exact) mass is 431 g/mol. The first kappa shape index (κ1) is 21.8. The summed E-state index contributed by atoms with van der Waals surface area (Å²) in [6.07, 6.45) is 7.78. The lowest BCUT2D eigenvalue weighted by molar-refractivity contribution is 0.262. The quantitative estimate of drug-likeness (QED) is 0.450. The van der Waals surface area contributed by atoms with Crippen molar-refractivity contribution in [2.24, 2.45) is 5.73 Å². The molecule has 166 valence electrons. The lowest BCUT2D eigenvalue weighted by atomic mass is 9.94. The number of fused-ring (bicyclic) bond motifs is 1. The topological polar surface area (TPSA) is 124 Å². The Kier molecular flexibility index (Phi) is 6.69. The number of rotatable bonds is 7. The molecule has 32 heavy (non-hydrogen) atoms. The maximum Gasteiger partial charge on any atom is 0.103 e. The highest BCUT2D eigenvalue weighted by Gasteiger charge is 2.19. The van der Waals surface area contributed by atoms with Crippen LogP contribution in [0.1, 0.15) is 48.1 Å². The van der Waals surface area contributed by atoms with Gasteiger partial charge in [0.15, 0.2) is 0 Å². The van der Waals surface area contributed by atoms with Crippen molar-refractivity contribution in [1.29, 1.82) is 5.26 Å². The third-order valence-electron chi connectivity index (χ3n) is 6.08. The number of hydrogen-bond donors (Lipinski definition) is 4. The predicted molar refractivity (Wildman–Crippen MR) is 123 cm³/mol. The second-order valence-electron chi connectivity index (χ2n) is 8.26. The van der Waals surface area contributed by atoms with E-state index in [-0.39, 0.29) is 12.5 Å². The molecule has 1 fully saturated rings. The molecule has 1 aliphatic heterocycles. The summed E-state index contributed by atoms with van der Waals surface area (Å²) in [5, 5.41) is 31.0. The van der Waals surface area contributed by atoms with E-state index in [1.165, 1.54) is 0 Å². The first-order chi connectivity index (χ1) is 15.6. The highest BCUT2D eigenvalue weighted by Crippen LogP contribution is 2.27. The molecule has 0 spiro atoms. The molecule has 4 rings (SSSR count). The molecule has 0 aromatic carbocycles. The molecule has 0 saturated carbocycles. The van der Waals surface area contributed by atoms with E-state index in [0.717, 1.165) is 54.0 Å². The van der Waals surface area contributed by atoms with Crippen molar-refractivity contribution >= 4 is 11.2 Å². The van der Waals surface area contributed by atoms with Gasteiger partial charge in [-0.3, -0.25) is 4.98 Å². The van der Waals surface area contributed by atoms with Gasteiger partial charge in [-0.1, -0.05) is 6.07 Å². The maximum absolute atomic E-state index is 10.1. The molecule has 0 aliphatic carbocycles. The molecule has 0 bridgehead atoms. The third-order valence-corrected chi connectivity index (χ3v) is 6.08. The second kappa shape index (κ2) is 9.81. The number of nitrogens with zero attached hydrogens (tertiary/aromatic N) is 4. The number of aliphatic hydroxyl groups is 1. The van der Waals surface area contributed by atoms with Gasteiger partial charge in [0.05, 0.1) is 29.6 Å². The summed E-state index contributed by atoms with van der Waals surface area (Å²) in [6.45, 7) is 3.95. The number of hydrogen-bond acceptors (Lipinski definition) is 7. The molecule has 8 heteroatoms. The summed E-state index contributed by atoms with van der Waals surface area (Å²) >= 11 is 0. The Labute approximate surface area is 187 Å². The summed E-state index contributed by atoms with van der Waals surface area (Å²) < 4.78 is 1.71. The molecule has 3 aromatic heterocycles. The minimum Gasteiger partial charge on any atom is -0.397 e. The minimum absolute atomic E-state index is 0.0506. The lowest BCUT2D eigenvalue weighted by Gasteiger charge is -2.26. The standard InChI is InChI=1S/C24H29N7O/c1-16(30-21-5-8-27-9-6-21)23(26)18-10-17(24-20(12-25)13-29-31(24)14-18)11-19(15-32)22-4-2-3-7-28-22/h2-4,7,10,13-14,19,21,27,30,32H,5-6,8-9,11,15,26H2,1H3/b23-16-. The van der Waals surface area contributed by atoms with E-state index in [2.05, 4.69) is 26.8 Å². The van der Waals surface area contributed by atoms with Gasteiger partial charge in [-0.2, -0.15) is 10.4 Å². The lowest BCUT2D eigenvalue weighted by Crippen LogP contribution is -2.39. The van der Waals surface area contributed by atoms with Crippen LogP contribution in [0.3, 0.4) is 0 Å². The molecule has 4 heterocycles. The zero-order valence-corrected chi connectivity index (χ0v) is 18.3. The van der Waals surface area contributed by atoms with Crippen LogP contribution >= 0.6 is 0 Å². The van der Waals surface area contributed by atoms with E-state index in [1.54, 1.807) is 16.9 Å². The first-order valence-electron chi connectivity index (χ1n) is 11.0. The van der Waals surface area contributed by atoms with E-state index >= 15 is 0 Å². The summed E-state index contributed by atoms with van der Waals surface area (Å²) in [7, 11) is 0. The summed E-state index contributed by atoms with van der Waals surface area (Å²) in [5.74, 6) is -0.198. The van der Waals surface area contributed by atoms with Crippen LogP contribution < -0.4 is 16.4 Å². The molecule has 0 amide bonds. The number of aliphatic hydroxyl groups excluding tert-OH is 1. The Morgan fingerprint density at radius 3 is 2.91 bits per heavy atom. The van der Waals surface area contributed by atoms with Gasteiger partial charge in [0.2, 0.25) is 0 Å². The van der Waals surface area contributed by atoms with Crippen molar-refractivity contribution in [1.82, 2.24) is 25.2 Å². The van der Waals surface area contributed by atoms with Gasteiger partial charge in [0.25, 0.3) is 0 Å². The average Bonchev–Trinajstić information content (AvgIpc) is 3.26. The molecule has 1 aliphatic rings. The van der Waals surface area contributed by atoms with E-state index in [4.69, 9.17) is 5.73 Å². The largest absolute Gasteiger partial charge is 0.397 e. The number of piperidine rings is 1. The fourth-order valence-electron chi connectivity index (χ4n) is 4.30. The third kappa shape index (κ3) is 4.59. The average molecular weight is 432 g/mol. The smallest absolute Gasteiger partial charge is 0.103 e. The molecule has 1 unspecified atom stereocenters. The number of nitrogens with one attached hydrogen (secondary N) is 2. The number of aromatic nitrogens is 3. The van der Waals surface area contributed by atoms with Gasteiger partial charge in [-0.05, 0) is 63.0 Å². The first-order valence-corrected chi connectivity index (χ1v) is 11.0. The Bertz CT molecular complexity index is 1140. The summed E-state index contributed by atoms with van der Waals surface area (Å²) in [5.41, 5.74) is 11.9. The van der Waals surface area contributed by atoms with E-state index < -0.39 is 0 Å². The van der Waals surface area contributed by atoms with Crippen LogP contribution in [0.2, 0.25) is 0 Å². The highest BCUT2D eigenvalue weighted by molar-refractivity contribution is 5.72. The zero-order valence-electron chi connectivity index (χ0n) is 18.3. The van der Waals surface area contributed by atoms with Crippen LogP contribution in [0.25, 0.3) is 11.2 Å². The van der Waals surface area contributed by atoms with Crippen molar-refractivity contribution in [3.05, 3.63) is 70.9 Å². The molecule has 1 saturated heterocycles. The molecular weight excluding hydrogens is 402 g/mol. The molecular formula is C24H29N7O. The van der Waals surface area contributed by atoms with Gasteiger partial charge in [0.1, 0.15) is 6.07 Å². The molecule has 8 nitrogen and oxygen atoms in total. The summed E-state index contributed by atoms with van der Waals surface area (Å²) in [4.78, 5) is 4.41. The molecule has 3 aromatic rings. The van der Waals surface area contributed by atoms with Crippen molar-refractivity contribution < 1.29 is 5.11 Å². The number of pyridine rings is 2. The molecule has 1 atom stereocenters. The Morgan fingerprint density at radius 2 is 2.22 bits per heavy atom. The van der Waals surface area contributed by atoms with Gasteiger partial charge in [-0.25, -0.2) is 4.52 Å². The van der Waals surface area contributed by atoms with Crippen LogP contribution in [0, 0.1) is 11.3 Å². The molecule has 5 N–H and O–H groups in total. The van der Waals surface area contributed by atoms with E-state index in [0.29, 0.717) is 23.7 Å². The van der Waals surface area contributed by atoms with Crippen LogP contribution in [0.4, 0.5) is 0 Å². The van der Waals surface area contributed by atoms with Gasteiger partial charge in [-0.15, -0.1) is 0 Å². The van der Waals surface area contributed by atoms with E-state index in [1.807, 2.05) is 37.4 Å². The highest BCUT2D eigenvalue weighted by atomic mass is 16.3. The predicted octanol–water partition coefficient (Wildman–Crippen LogP) is 1.91. The Morgan fingerprint density at radius 1 is 1.41 bits per heavy atom. The van der Waals surface area contributed by atoms with Gasteiger partial charge in [0, 0.05) is 41.3 Å². The van der Waals surface area contributed by atoms with Crippen LogP contribution in [0.5, 0.6) is 0 Å². The minimum atomic E-state index is -0.198. The van der Waals surface area contributed by atoms with Crippen LogP contribution in [-0.4, -0.2) is 45.4 Å². The Balaban J connectivity index is 1.72. The van der Waals surface area contributed by atoms with Gasteiger partial charge >= 0.3 is 0 Å². The Hall–Kier alpha value is -3.41. The molecule has 0 radical (unpaired) electrons. The van der Waals surface area contributed by atoms with E-state index in [9.17, 15) is 10.4 Å². The summed E-state index contributed by atoms with van der Waals surface area (Å²) in [6, 6.07) is 10.3. The maximum atomic E-state index is 10.1. The fraction of sp³-hybridized carbons (Fsp3) is 0.375. The van der Waals surface area contributed by atoms with Crippen molar-refractivity contribution in [2.45, 2.75) is 38.1 Å². The normalized spacial score (nSPS) is 16.4. The van der Waals surface area contributed by atoms with Crippen LogP contribution in [0.15, 0.2) is 48.6 Å². The fourth-order valence-corrected chi connectivity index (χ4v) is 4.30.